The van der Waals surface area contributed by atoms with Crippen molar-refractivity contribution in [3.63, 3.8) is 0 Å². The monoisotopic (exact) mass is 362 g/mol. The van der Waals surface area contributed by atoms with Gasteiger partial charge in [0.05, 0.1) is 17.8 Å². The van der Waals surface area contributed by atoms with Crippen LogP contribution in [0.1, 0.15) is 33.8 Å². The van der Waals surface area contributed by atoms with E-state index in [1.807, 2.05) is 10.8 Å². The number of carbonyl (C=O) groups excluding carboxylic acids is 2. The molecule has 2 aromatic heterocycles. The van der Waals surface area contributed by atoms with Crippen LogP contribution in [-0.2, 0) is 17.8 Å². The number of amides is 2. The molecule has 2 amide bonds. The molecule has 8 heteroatoms. The average Bonchev–Trinajstić information content (AvgIpc) is 3.05. The Hall–Kier alpha value is -1.77. The molecule has 1 saturated carbocycles. The molecule has 2 N–H and O–H groups in total. The Bertz CT molecular complexity index is 752. The summed E-state index contributed by atoms with van der Waals surface area (Å²) in [6, 6.07) is 2.20. The van der Waals surface area contributed by atoms with Gasteiger partial charge in [0.15, 0.2) is 5.13 Å². The summed E-state index contributed by atoms with van der Waals surface area (Å²) in [5.74, 6) is -0.0144. The fraction of sp³-hybridized carbons (Fsp3) is 0.438. The highest BCUT2D eigenvalue weighted by atomic mass is 32.1. The van der Waals surface area contributed by atoms with Crippen LogP contribution in [0.25, 0.3) is 0 Å². The van der Waals surface area contributed by atoms with E-state index in [2.05, 4.69) is 20.5 Å². The number of nitrogens with zero attached hydrogens (tertiary/aromatic N) is 2. The summed E-state index contributed by atoms with van der Waals surface area (Å²) in [6.45, 7) is 1.98. The molecule has 0 saturated heterocycles. The van der Waals surface area contributed by atoms with E-state index in [1.54, 1.807) is 6.07 Å². The summed E-state index contributed by atoms with van der Waals surface area (Å²) in [4.78, 5) is 31.9. The first-order valence-electron chi connectivity index (χ1n) is 8.01. The Kier molecular flexibility index (Phi) is 4.34. The molecule has 0 aromatic carbocycles. The van der Waals surface area contributed by atoms with Crippen molar-refractivity contribution in [1.82, 2.24) is 15.2 Å². The van der Waals surface area contributed by atoms with Crippen LogP contribution >= 0.6 is 22.7 Å². The molecular formula is C16H18N4O2S2. The SMILES string of the molecule is O=C(CN1CCc2nc(NC(=O)c3ccsc3)sc2C1)NC1CC1. The van der Waals surface area contributed by atoms with Gasteiger partial charge in [0.2, 0.25) is 5.91 Å². The first-order valence-corrected chi connectivity index (χ1v) is 9.77. The van der Waals surface area contributed by atoms with E-state index >= 15 is 0 Å². The van der Waals surface area contributed by atoms with E-state index in [-0.39, 0.29) is 11.8 Å². The third-order valence-corrected chi connectivity index (χ3v) is 5.80. The Morgan fingerprint density at radius 1 is 1.38 bits per heavy atom. The second kappa shape index (κ2) is 6.62. The highest BCUT2D eigenvalue weighted by Gasteiger charge is 2.26. The number of hydrogen-bond donors (Lipinski definition) is 2. The number of aromatic nitrogens is 1. The molecule has 1 fully saturated rings. The number of hydrogen-bond acceptors (Lipinski definition) is 6. The van der Waals surface area contributed by atoms with E-state index in [4.69, 9.17) is 0 Å². The first-order chi connectivity index (χ1) is 11.7. The number of rotatable bonds is 5. The van der Waals surface area contributed by atoms with Gasteiger partial charge in [-0.2, -0.15) is 11.3 Å². The lowest BCUT2D eigenvalue weighted by Crippen LogP contribution is -2.40. The van der Waals surface area contributed by atoms with E-state index in [9.17, 15) is 9.59 Å². The summed E-state index contributed by atoms with van der Waals surface area (Å²) in [5, 5.41) is 10.2. The first kappa shape index (κ1) is 15.7. The maximum Gasteiger partial charge on any atom is 0.258 e. The second-order valence-electron chi connectivity index (χ2n) is 6.16. The van der Waals surface area contributed by atoms with Crippen LogP contribution < -0.4 is 10.6 Å². The third kappa shape index (κ3) is 3.66. The highest BCUT2D eigenvalue weighted by Crippen LogP contribution is 2.28. The smallest absolute Gasteiger partial charge is 0.258 e. The van der Waals surface area contributed by atoms with Crippen molar-refractivity contribution in [3.8, 4) is 0 Å². The molecule has 1 aliphatic heterocycles. The number of anilines is 1. The predicted molar refractivity (Wildman–Crippen MR) is 94.5 cm³/mol. The van der Waals surface area contributed by atoms with Crippen LogP contribution in [0.5, 0.6) is 0 Å². The van der Waals surface area contributed by atoms with Gasteiger partial charge in [0.1, 0.15) is 0 Å². The van der Waals surface area contributed by atoms with E-state index in [0.29, 0.717) is 23.3 Å². The second-order valence-corrected chi connectivity index (χ2v) is 8.02. The van der Waals surface area contributed by atoms with Crippen molar-refractivity contribution in [2.24, 2.45) is 0 Å². The van der Waals surface area contributed by atoms with Gasteiger partial charge in [-0.05, 0) is 24.3 Å². The molecule has 126 valence electrons. The van der Waals surface area contributed by atoms with Gasteiger partial charge >= 0.3 is 0 Å². The number of thiophene rings is 1. The van der Waals surface area contributed by atoms with Gasteiger partial charge in [-0.1, -0.05) is 0 Å². The molecule has 4 rings (SSSR count). The molecule has 2 aliphatic rings. The van der Waals surface area contributed by atoms with Gasteiger partial charge in [0, 0.05) is 35.8 Å². The maximum atomic E-state index is 12.1. The van der Waals surface area contributed by atoms with Crippen molar-refractivity contribution in [1.29, 1.82) is 0 Å². The van der Waals surface area contributed by atoms with E-state index in [0.717, 1.165) is 42.9 Å². The topological polar surface area (TPSA) is 74.3 Å². The molecule has 6 nitrogen and oxygen atoms in total. The fourth-order valence-electron chi connectivity index (χ4n) is 2.70. The zero-order chi connectivity index (χ0) is 16.5. The number of fused-ring (bicyclic) bond motifs is 1. The zero-order valence-corrected chi connectivity index (χ0v) is 14.7. The van der Waals surface area contributed by atoms with Crippen molar-refractivity contribution < 1.29 is 9.59 Å². The lowest BCUT2D eigenvalue weighted by Gasteiger charge is -2.25. The Morgan fingerprint density at radius 3 is 3.00 bits per heavy atom. The normalized spacial score (nSPS) is 17.3. The molecule has 1 aliphatic carbocycles. The van der Waals surface area contributed by atoms with Crippen LogP contribution in [0.15, 0.2) is 16.8 Å². The van der Waals surface area contributed by atoms with Gasteiger partial charge in [-0.15, -0.1) is 11.3 Å². The molecule has 0 bridgehead atoms. The van der Waals surface area contributed by atoms with Crippen LogP contribution in [0.4, 0.5) is 5.13 Å². The van der Waals surface area contributed by atoms with E-state index < -0.39 is 0 Å². The lowest BCUT2D eigenvalue weighted by atomic mass is 10.2. The van der Waals surface area contributed by atoms with Crippen molar-refractivity contribution >= 4 is 39.6 Å². The molecule has 24 heavy (non-hydrogen) atoms. The standard InChI is InChI=1S/C16H18N4O2S2/c21-14(17-11-1-2-11)8-20-5-3-12-13(7-20)24-16(18-12)19-15(22)10-4-6-23-9-10/h4,6,9,11H,1-3,5,7-8H2,(H,17,21)(H,18,19,22). The minimum Gasteiger partial charge on any atom is -0.352 e. The third-order valence-electron chi connectivity index (χ3n) is 4.12. The Balaban J connectivity index is 1.36. The van der Waals surface area contributed by atoms with Gasteiger partial charge in [-0.25, -0.2) is 4.98 Å². The predicted octanol–water partition coefficient (Wildman–Crippen LogP) is 2.09. The zero-order valence-electron chi connectivity index (χ0n) is 13.1. The van der Waals surface area contributed by atoms with Crippen molar-refractivity contribution in [3.05, 3.63) is 33.0 Å². The largest absolute Gasteiger partial charge is 0.352 e. The summed E-state index contributed by atoms with van der Waals surface area (Å²) < 4.78 is 0. The Morgan fingerprint density at radius 2 is 2.25 bits per heavy atom. The summed E-state index contributed by atoms with van der Waals surface area (Å²) in [7, 11) is 0. The summed E-state index contributed by atoms with van der Waals surface area (Å²) >= 11 is 3.00. The Labute approximate surface area is 147 Å². The van der Waals surface area contributed by atoms with Crippen LogP contribution in [-0.4, -0.2) is 40.8 Å². The highest BCUT2D eigenvalue weighted by molar-refractivity contribution is 7.16. The molecular weight excluding hydrogens is 344 g/mol. The number of thiazole rings is 1. The van der Waals surface area contributed by atoms with Crippen LogP contribution in [0.3, 0.4) is 0 Å². The molecule has 0 unspecified atom stereocenters. The maximum absolute atomic E-state index is 12.1. The molecule has 3 heterocycles. The summed E-state index contributed by atoms with van der Waals surface area (Å²) in [6.07, 6.45) is 3.03. The molecule has 0 radical (unpaired) electrons. The lowest BCUT2D eigenvalue weighted by molar-refractivity contribution is -0.122. The van der Waals surface area contributed by atoms with Crippen LogP contribution in [0, 0.1) is 0 Å². The number of carbonyl (C=O) groups is 2. The van der Waals surface area contributed by atoms with Crippen molar-refractivity contribution in [2.75, 3.05) is 18.4 Å². The molecule has 2 aromatic rings. The molecule has 0 spiro atoms. The minimum absolute atomic E-state index is 0.108. The quantitative estimate of drug-likeness (QED) is 0.854. The van der Waals surface area contributed by atoms with Gasteiger partial charge in [-0.3, -0.25) is 19.8 Å². The van der Waals surface area contributed by atoms with E-state index in [1.165, 1.54) is 22.7 Å². The van der Waals surface area contributed by atoms with Crippen molar-refractivity contribution in [2.45, 2.75) is 31.8 Å². The van der Waals surface area contributed by atoms with Crippen LogP contribution in [0.2, 0.25) is 0 Å². The van der Waals surface area contributed by atoms with Gasteiger partial charge < -0.3 is 5.32 Å². The fourth-order valence-corrected chi connectivity index (χ4v) is 4.39. The summed E-state index contributed by atoms with van der Waals surface area (Å²) in [5.41, 5.74) is 1.70. The van der Waals surface area contributed by atoms with Gasteiger partial charge in [0.25, 0.3) is 5.91 Å². The molecule has 0 atom stereocenters. The minimum atomic E-state index is -0.122. The average molecular weight is 362 g/mol. The number of nitrogens with one attached hydrogen (secondary N) is 2.